The molecule has 1 amide bonds. The van der Waals surface area contributed by atoms with Gasteiger partial charge in [-0.3, -0.25) is 4.79 Å². The highest BCUT2D eigenvalue weighted by molar-refractivity contribution is 7.71. The van der Waals surface area contributed by atoms with Gasteiger partial charge >= 0.3 is 0 Å². The van der Waals surface area contributed by atoms with Crippen LogP contribution in [0.1, 0.15) is 26.7 Å². The average molecular weight is 309 g/mol. The molecule has 0 fully saturated rings. The molecule has 0 aromatic carbocycles. The highest BCUT2D eigenvalue weighted by Gasteiger charge is 2.13. The van der Waals surface area contributed by atoms with Crippen molar-refractivity contribution in [3.8, 4) is 5.88 Å². The number of ether oxygens (including phenoxy) is 1. The molecule has 2 heterocycles. The van der Waals surface area contributed by atoms with Crippen LogP contribution >= 0.6 is 12.2 Å². The van der Waals surface area contributed by atoms with Crippen LogP contribution in [0.2, 0.25) is 0 Å². The zero-order valence-corrected chi connectivity index (χ0v) is 13.2. The predicted molar refractivity (Wildman–Crippen MR) is 81.8 cm³/mol. The van der Waals surface area contributed by atoms with E-state index in [0.29, 0.717) is 34.8 Å². The molecule has 2 rings (SSSR count). The summed E-state index contributed by atoms with van der Waals surface area (Å²) in [6.45, 7) is 4.47. The summed E-state index contributed by atoms with van der Waals surface area (Å²) in [4.78, 5) is 23.1. The second kappa shape index (κ2) is 6.66. The van der Waals surface area contributed by atoms with Gasteiger partial charge in [0.05, 0.1) is 7.11 Å². The molecule has 8 heteroatoms. The fourth-order valence-electron chi connectivity index (χ4n) is 1.97. The third kappa shape index (κ3) is 3.38. The Hall–Kier alpha value is -1.96. The Morgan fingerprint density at radius 3 is 3.00 bits per heavy atom. The van der Waals surface area contributed by atoms with E-state index in [4.69, 9.17) is 17.0 Å². The van der Waals surface area contributed by atoms with Crippen molar-refractivity contribution in [3.05, 3.63) is 11.1 Å². The molecule has 7 nitrogen and oxygen atoms in total. The number of fused-ring (bicyclic) bond motifs is 1. The van der Waals surface area contributed by atoms with Gasteiger partial charge in [0.25, 0.3) is 0 Å². The minimum absolute atomic E-state index is 0.00150. The van der Waals surface area contributed by atoms with Gasteiger partial charge in [0.15, 0.2) is 10.4 Å². The predicted octanol–water partition coefficient (Wildman–Crippen LogP) is 1.80. The Morgan fingerprint density at radius 1 is 1.57 bits per heavy atom. The molecule has 0 spiro atoms. The number of H-pyrrole nitrogens is 1. The average Bonchev–Trinajstić information content (AvgIpc) is 2.80. The zero-order chi connectivity index (χ0) is 15.4. The largest absolute Gasteiger partial charge is 0.479 e. The van der Waals surface area contributed by atoms with Gasteiger partial charge in [0.1, 0.15) is 11.8 Å². The van der Waals surface area contributed by atoms with E-state index in [1.54, 1.807) is 4.57 Å². The number of amides is 1. The van der Waals surface area contributed by atoms with E-state index in [-0.39, 0.29) is 11.9 Å². The molecule has 0 aliphatic heterocycles. The first-order valence-corrected chi connectivity index (χ1v) is 7.24. The number of carbonyl (C=O) groups is 1. The van der Waals surface area contributed by atoms with Gasteiger partial charge in [-0.1, -0.05) is 6.92 Å². The van der Waals surface area contributed by atoms with Crippen molar-refractivity contribution < 1.29 is 9.53 Å². The molecule has 0 aliphatic rings. The second-order valence-corrected chi connectivity index (χ2v) is 5.18. The molecule has 0 aliphatic carbocycles. The molecule has 21 heavy (non-hydrogen) atoms. The SMILES string of the molecule is CCC(C)NC(=O)CCn1c(=S)[nH]c2c(OC)ncnc21. The minimum Gasteiger partial charge on any atom is -0.479 e. The quantitative estimate of drug-likeness (QED) is 0.795. The van der Waals surface area contributed by atoms with Crippen LogP contribution in [-0.2, 0) is 11.3 Å². The smallest absolute Gasteiger partial charge is 0.242 e. The number of nitrogens with zero attached hydrogens (tertiary/aromatic N) is 3. The maximum absolute atomic E-state index is 11.9. The van der Waals surface area contributed by atoms with Crippen molar-refractivity contribution in [2.45, 2.75) is 39.3 Å². The Morgan fingerprint density at radius 2 is 2.33 bits per heavy atom. The van der Waals surface area contributed by atoms with E-state index in [0.717, 1.165) is 6.42 Å². The number of hydrogen-bond donors (Lipinski definition) is 2. The number of carbonyl (C=O) groups excluding carboxylic acids is 1. The van der Waals surface area contributed by atoms with Crippen LogP contribution in [0.15, 0.2) is 6.33 Å². The summed E-state index contributed by atoms with van der Waals surface area (Å²) in [6.07, 6.45) is 2.67. The highest BCUT2D eigenvalue weighted by atomic mass is 32.1. The van der Waals surface area contributed by atoms with Gasteiger partial charge in [-0.2, -0.15) is 4.98 Å². The summed E-state index contributed by atoms with van der Waals surface area (Å²) in [5.74, 6) is 0.440. The van der Waals surface area contributed by atoms with Crippen LogP contribution < -0.4 is 10.1 Å². The van der Waals surface area contributed by atoms with Gasteiger partial charge in [-0.25, -0.2) is 4.98 Å². The lowest BCUT2D eigenvalue weighted by molar-refractivity contribution is -0.121. The number of imidazole rings is 1. The molecule has 0 bridgehead atoms. The minimum atomic E-state index is 0.00150. The topological polar surface area (TPSA) is 84.8 Å². The lowest BCUT2D eigenvalue weighted by Crippen LogP contribution is -2.32. The summed E-state index contributed by atoms with van der Waals surface area (Å²) in [5.41, 5.74) is 1.29. The standard InChI is InChI=1S/C13H19N5O2S/c1-4-8(2)16-9(19)5-6-18-11-10(17-13(18)21)12(20-3)15-7-14-11/h7-8H,4-6H2,1-3H3,(H,16,19)(H,17,21). The van der Waals surface area contributed by atoms with E-state index in [9.17, 15) is 4.79 Å². The fraction of sp³-hybridized carbons (Fsp3) is 0.538. The van der Waals surface area contributed by atoms with Gasteiger partial charge in [-0.05, 0) is 25.6 Å². The van der Waals surface area contributed by atoms with Crippen molar-refractivity contribution in [3.63, 3.8) is 0 Å². The number of aromatic amines is 1. The first-order valence-electron chi connectivity index (χ1n) is 6.83. The van der Waals surface area contributed by atoms with E-state index >= 15 is 0 Å². The summed E-state index contributed by atoms with van der Waals surface area (Å²) < 4.78 is 7.45. The van der Waals surface area contributed by atoms with Crippen molar-refractivity contribution in [2.75, 3.05) is 7.11 Å². The highest BCUT2D eigenvalue weighted by Crippen LogP contribution is 2.20. The molecule has 2 aromatic rings. The Kier molecular flexibility index (Phi) is 4.89. The maximum Gasteiger partial charge on any atom is 0.242 e. The van der Waals surface area contributed by atoms with Crippen LogP contribution in [0.3, 0.4) is 0 Å². The maximum atomic E-state index is 11.9. The summed E-state index contributed by atoms with van der Waals surface area (Å²) >= 11 is 5.28. The summed E-state index contributed by atoms with van der Waals surface area (Å²) in [5, 5.41) is 2.93. The monoisotopic (exact) mass is 309 g/mol. The van der Waals surface area contributed by atoms with Crippen LogP contribution in [0.25, 0.3) is 11.2 Å². The molecular weight excluding hydrogens is 290 g/mol. The lowest BCUT2D eigenvalue weighted by Gasteiger charge is -2.11. The van der Waals surface area contributed by atoms with Crippen molar-refractivity contribution in [1.29, 1.82) is 0 Å². The Labute approximate surface area is 127 Å². The van der Waals surface area contributed by atoms with E-state index < -0.39 is 0 Å². The number of aryl methyl sites for hydroxylation is 1. The third-order valence-corrected chi connectivity index (χ3v) is 3.62. The molecule has 1 atom stereocenters. The third-order valence-electron chi connectivity index (χ3n) is 3.30. The Balaban J connectivity index is 2.18. The van der Waals surface area contributed by atoms with Crippen molar-refractivity contribution in [2.24, 2.45) is 0 Å². The molecule has 0 radical (unpaired) electrons. The van der Waals surface area contributed by atoms with Crippen LogP contribution in [0, 0.1) is 4.77 Å². The van der Waals surface area contributed by atoms with Gasteiger partial charge in [0.2, 0.25) is 11.8 Å². The molecule has 114 valence electrons. The summed E-state index contributed by atoms with van der Waals surface area (Å²) in [7, 11) is 1.54. The van der Waals surface area contributed by atoms with Crippen molar-refractivity contribution in [1.82, 2.24) is 24.8 Å². The molecule has 2 aromatic heterocycles. The van der Waals surface area contributed by atoms with Gasteiger partial charge < -0.3 is 19.6 Å². The number of aromatic nitrogens is 4. The van der Waals surface area contributed by atoms with Crippen LogP contribution in [0.5, 0.6) is 5.88 Å². The van der Waals surface area contributed by atoms with Crippen LogP contribution in [-0.4, -0.2) is 38.6 Å². The number of rotatable bonds is 6. The van der Waals surface area contributed by atoms with Gasteiger partial charge in [-0.15, -0.1) is 0 Å². The number of nitrogens with one attached hydrogen (secondary N) is 2. The first-order chi connectivity index (χ1) is 10.1. The summed E-state index contributed by atoms with van der Waals surface area (Å²) in [6, 6.07) is 0.177. The molecule has 0 saturated carbocycles. The normalized spacial score (nSPS) is 12.3. The van der Waals surface area contributed by atoms with E-state index in [1.165, 1.54) is 13.4 Å². The number of methoxy groups -OCH3 is 1. The van der Waals surface area contributed by atoms with Crippen LogP contribution in [0.4, 0.5) is 0 Å². The Bertz CT molecular complexity index is 693. The first kappa shape index (κ1) is 15.4. The molecule has 2 N–H and O–H groups in total. The second-order valence-electron chi connectivity index (χ2n) is 4.79. The molecule has 0 saturated heterocycles. The van der Waals surface area contributed by atoms with Gasteiger partial charge in [0, 0.05) is 19.0 Å². The van der Waals surface area contributed by atoms with E-state index in [1.807, 2.05) is 13.8 Å². The molecular formula is C13H19N5O2S. The molecule has 1 unspecified atom stereocenters. The van der Waals surface area contributed by atoms with E-state index in [2.05, 4.69) is 20.3 Å². The lowest BCUT2D eigenvalue weighted by atomic mass is 10.2. The number of hydrogen-bond acceptors (Lipinski definition) is 5. The fourth-order valence-corrected chi connectivity index (χ4v) is 2.25. The van der Waals surface area contributed by atoms with Crippen molar-refractivity contribution >= 4 is 29.3 Å². The zero-order valence-electron chi connectivity index (χ0n) is 12.3.